The van der Waals surface area contributed by atoms with Gasteiger partial charge in [-0.1, -0.05) is 6.07 Å². The van der Waals surface area contributed by atoms with Crippen LogP contribution in [0.1, 0.15) is 5.56 Å². The molecule has 1 heterocycles. The summed E-state index contributed by atoms with van der Waals surface area (Å²) in [5.74, 6) is 1.07. The first-order valence-electron chi connectivity index (χ1n) is 5.10. The largest absolute Gasteiger partial charge is 0.486 e. The van der Waals surface area contributed by atoms with Gasteiger partial charge in [-0.15, -0.1) is 0 Å². The number of hydrogen-bond acceptors (Lipinski definition) is 4. The van der Waals surface area contributed by atoms with Gasteiger partial charge in [-0.05, 0) is 6.07 Å². The lowest BCUT2D eigenvalue weighted by atomic mass is 10.1. The number of fused-ring (bicyclic) bond motifs is 1. The molecule has 1 aromatic rings. The van der Waals surface area contributed by atoms with Crippen molar-refractivity contribution in [1.82, 2.24) is 5.32 Å². The molecule has 16 heavy (non-hydrogen) atoms. The first-order valence-corrected chi connectivity index (χ1v) is 5.10. The summed E-state index contributed by atoms with van der Waals surface area (Å²) in [6.07, 6.45) is 0.266. The van der Waals surface area contributed by atoms with E-state index in [1.807, 2.05) is 0 Å². The molecule has 5 heteroatoms. The summed E-state index contributed by atoms with van der Waals surface area (Å²) in [6.45, 7) is 0.970. The molecule has 5 nitrogen and oxygen atoms in total. The van der Waals surface area contributed by atoms with Gasteiger partial charge >= 0.3 is 0 Å². The van der Waals surface area contributed by atoms with E-state index < -0.39 is 0 Å². The lowest BCUT2D eigenvalue weighted by Crippen LogP contribution is -2.22. The van der Waals surface area contributed by atoms with E-state index in [-0.39, 0.29) is 12.3 Å². The minimum absolute atomic E-state index is 0.0684. The average Bonchev–Trinajstić information content (AvgIpc) is 2.33. The molecule has 0 saturated heterocycles. The second kappa shape index (κ2) is 4.30. The molecule has 0 fully saturated rings. The fourth-order valence-corrected chi connectivity index (χ4v) is 1.61. The quantitative estimate of drug-likeness (QED) is 0.707. The molecule has 2 rings (SSSR count). The number of carbonyl (C=O) groups excluding carboxylic acids is 1. The summed E-state index contributed by atoms with van der Waals surface area (Å²) in [4.78, 5) is 11.3. The topological polar surface area (TPSA) is 73.6 Å². The van der Waals surface area contributed by atoms with Gasteiger partial charge in [-0.25, -0.2) is 0 Å². The minimum Gasteiger partial charge on any atom is -0.486 e. The van der Waals surface area contributed by atoms with Crippen LogP contribution in [0.15, 0.2) is 12.1 Å². The monoisotopic (exact) mass is 222 g/mol. The van der Waals surface area contributed by atoms with Gasteiger partial charge in [0, 0.05) is 12.6 Å². The van der Waals surface area contributed by atoms with E-state index in [2.05, 4.69) is 5.32 Å². The smallest absolute Gasteiger partial charge is 0.224 e. The minimum atomic E-state index is -0.0684. The highest BCUT2D eigenvalue weighted by Crippen LogP contribution is 2.39. The number of nitrogen functional groups attached to an aromatic ring is 1. The van der Waals surface area contributed by atoms with E-state index in [0.29, 0.717) is 30.4 Å². The summed E-state index contributed by atoms with van der Waals surface area (Å²) in [5, 5.41) is 2.57. The predicted octanol–water partition coefficient (Wildman–Crippen LogP) is 0.328. The Morgan fingerprint density at radius 3 is 2.75 bits per heavy atom. The van der Waals surface area contributed by atoms with Crippen LogP contribution in [0.4, 0.5) is 5.69 Å². The van der Waals surface area contributed by atoms with Crippen LogP contribution in [0.5, 0.6) is 11.5 Å². The number of benzene rings is 1. The summed E-state index contributed by atoms with van der Waals surface area (Å²) in [6, 6.07) is 3.52. The van der Waals surface area contributed by atoms with Crippen molar-refractivity contribution in [3.8, 4) is 11.5 Å². The molecule has 0 spiro atoms. The lowest BCUT2D eigenvalue weighted by Gasteiger charge is -2.22. The SMILES string of the molecule is CNC(=O)Cc1ccc(N)c2c1OCCO2. The summed E-state index contributed by atoms with van der Waals surface area (Å²) in [5.41, 5.74) is 7.10. The standard InChI is InChI=1S/C11H14N2O3/c1-13-9(14)6-7-2-3-8(12)11-10(7)15-4-5-16-11/h2-3H,4-6,12H2,1H3,(H,13,14). The third-order valence-corrected chi connectivity index (χ3v) is 2.43. The molecule has 0 saturated carbocycles. The third kappa shape index (κ3) is 1.88. The number of nitrogens with two attached hydrogens (primary N) is 1. The first-order chi connectivity index (χ1) is 7.72. The molecule has 3 N–H and O–H groups in total. The second-order valence-corrected chi connectivity index (χ2v) is 3.52. The van der Waals surface area contributed by atoms with E-state index in [1.165, 1.54) is 0 Å². The Bertz CT molecular complexity index is 418. The van der Waals surface area contributed by atoms with E-state index in [1.54, 1.807) is 19.2 Å². The van der Waals surface area contributed by atoms with Crippen molar-refractivity contribution in [3.05, 3.63) is 17.7 Å². The van der Waals surface area contributed by atoms with Crippen LogP contribution in [0.3, 0.4) is 0 Å². The Kier molecular flexibility index (Phi) is 2.85. The van der Waals surface area contributed by atoms with Gasteiger partial charge in [0.05, 0.1) is 12.1 Å². The molecule has 0 bridgehead atoms. The second-order valence-electron chi connectivity index (χ2n) is 3.52. The maximum Gasteiger partial charge on any atom is 0.224 e. The Morgan fingerprint density at radius 1 is 1.38 bits per heavy atom. The third-order valence-electron chi connectivity index (χ3n) is 2.43. The first kappa shape index (κ1) is 10.6. The van der Waals surface area contributed by atoms with Gasteiger partial charge in [0.25, 0.3) is 0 Å². The summed E-state index contributed by atoms with van der Waals surface area (Å²) in [7, 11) is 1.60. The molecule has 86 valence electrons. The van der Waals surface area contributed by atoms with Gasteiger partial charge in [0.15, 0.2) is 11.5 Å². The number of rotatable bonds is 2. The van der Waals surface area contributed by atoms with Crippen molar-refractivity contribution < 1.29 is 14.3 Å². The van der Waals surface area contributed by atoms with Crippen LogP contribution in [0.25, 0.3) is 0 Å². The van der Waals surface area contributed by atoms with Crippen LogP contribution < -0.4 is 20.5 Å². The highest BCUT2D eigenvalue weighted by Gasteiger charge is 2.19. The normalized spacial score (nSPS) is 13.3. The molecular formula is C11H14N2O3. The summed E-state index contributed by atoms with van der Waals surface area (Å²) >= 11 is 0. The molecule has 0 atom stereocenters. The van der Waals surface area contributed by atoms with Crippen LogP contribution in [-0.4, -0.2) is 26.2 Å². The number of carbonyl (C=O) groups is 1. The van der Waals surface area contributed by atoms with Crippen molar-refractivity contribution in [2.75, 3.05) is 26.0 Å². The number of likely N-dealkylation sites (N-methyl/N-ethyl adjacent to an activating group) is 1. The van der Waals surface area contributed by atoms with E-state index >= 15 is 0 Å². The van der Waals surface area contributed by atoms with Gasteiger partial charge in [0.2, 0.25) is 5.91 Å². The van der Waals surface area contributed by atoms with Gasteiger partial charge in [-0.2, -0.15) is 0 Å². The Balaban J connectivity index is 2.35. The van der Waals surface area contributed by atoms with E-state index in [9.17, 15) is 4.79 Å². The molecule has 1 amide bonds. The highest BCUT2D eigenvalue weighted by atomic mass is 16.6. The van der Waals surface area contributed by atoms with Crippen LogP contribution in [0.2, 0.25) is 0 Å². The van der Waals surface area contributed by atoms with Crippen LogP contribution in [-0.2, 0) is 11.2 Å². The maximum atomic E-state index is 11.3. The number of ether oxygens (including phenoxy) is 2. The molecule has 0 radical (unpaired) electrons. The molecule has 0 aliphatic carbocycles. The van der Waals surface area contributed by atoms with Gasteiger partial charge < -0.3 is 20.5 Å². The number of nitrogens with one attached hydrogen (secondary N) is 1. The molecule has 1 aliphatic rings. The van der Waals surface area contributed by atoms with Crippen LogP contribution in [0, 0.1) is 0 Å². The number of hydrogen-bond donors (Lipinski definition) is 2. The molecule has 1 aliphatic heterocycles. The highest BCUT2D eigenvalue weighted by molar-refractivity contribution is 5.80. The number of amides is 1. The predicted molar refractivity (Wildman–Crippen MR) is 59.6 cm³/mol. The molecule has 0 unspecified atom stereocenters. The van der Waals surface area contributed by atoms with Crippen LogP contribution >= 0.6 is 0 Å². The van der Waals surface area contributed by atoms with Crippen molar-refractivity contribution in [2.24, 2.45) is 0 Å². The van der Waals surface area contributed by atoms with E-state index in [0.717, 1.165) is 5.56 Å². The molecule has 0 aromatic heterocycles. The zero-order chi connectivity index (χ0) is 11.5. The lowest BCUT2D eigenvalue weighted by molar-refractivity contribution is -0.119. The van der Waals surface area contributed by atoms with Crippen molar-refractivity contribution in [1.29, 1.82) is 0 Å². The zero-order valence-electron chi connectivity index (χ0n) is 9.08. The Hall–Kier alpha value is -1.91. The Labute approximate surface area is 93.5 Å². The molecular weight excluding hydrogens is 208 g/mol. The van der Waals surface area contributed by atoms with Gasteiger partial charge in [-0.3, -0.25) is 4.79 Å². The molecule has 1 aromatic carbocycles. The van der Waals surface area contributed by atoms with Crippen molar-refractivity contribution in [3.63, 3.8) is 0 Å². The average molecular weight is 222 g/mol. The number of anilines is 1. The van der Waals surface area contributed by atoms with Gasteiger partial charge in [0.1, 0.15) is 13.2 Å². The fourth-order valence-electron chi connectivity index (χ4n) is 1.61. The Morgan fingerprint density at radius 2 is 2.06 bits per heavy atom. The maximum absolute atomic E-state index is 11.3. The zero-order valence-corrected chi connectivity index (χ0v) is 9.08. The summed E-state index contributed by atoms with van der Waals surface area (Å²) < 4.78 is 10.9. The van der Waals surface area contributed by atoms with Crippen molar-refractivity contribution in [2.45, 2.75) is 6.42 Å². The van der Waals surface area contributed by atoms with E-state index in [4.69, 9.17) is 15.2 Å². The van der Waals surface area contributed by atoms with Crippen molar-refractivity contribution >= 4 is 11.6 Å². The fraction of sp³-hybridized carbons (Fsp3) is 0.364.